The molecule has 1 aliphatic heterocycles. The molecule has 2 aromatic carbocycles. The van der Waals surface area contributed by atoms with Crippen LogP contribution in [0.15, 0.2) is 54.6 Å². The van der Waals surface area contributed by atoms with Gasteiger partial charge in [-0.2, -0.15) is 13.2 Å². The summed E-state index contributed by atoms with van der Waals surface area (Å²) in [6.07, 6.45) is -1.16. The molecule has 1 atom stereocenters. The van der Waals surface area contributed by atoms with Gasteiger partial charge in [-0.15, -0.1) is 0 Å². The second-order valence-corrected chi connectivity index (χ2v) is 10.3. The summed E-state index contributed by atoms with van der Waals surface area (Å²) in [4.78, 5) is 5.87. The number of aromatic nitrogens is 1. The standard InChI is InChI=1S/C30H29ClF4N2O2/c31-29-26(11-12-27(36-29)30(33,34)35)25-4-1-3-20-17-21(38)7-10-24(20)28(25)19-5-8-22(9-6-19)39-23-13-16-37(18-23)15-2-14-32/h5-12,17,23,38H,1-4,13-16,18H2/t23-/m0/s1. The van der Waals surface area contributed by atoms with E-state index in [0.29, 0.717) is 30.6 Å². The van der Waals surface area contributed by atoms with Gasteiger partial charge in [0, 0.05) is 25.2 Å². The number of phenols is 1. The quantitative estimate of drug-likeness (QED) is 0.239. The Hall–Kier alpha value is -3.10. The second kappa shape index (κ2) is 11.6. The van der Waals surface area contributed by atoms with Gasteiger partial charge in [-0.3, -0.25) is 9.29 Å². The monoisotopic (exact) mass is 560 g/mol. The number of phenolic OH excluding ortho intramolecular Hbond substituents is 1. The Bertz CT molecular complexity index is 1360. The van der Waals surface area contributed by atoms with Crippen molar-refractivity contribution in [3.8, 4) is 11.5 Å². The maximum absolute atomic E-state index is 13.3. The Morgan fingerprint density at radius 2 is 1.79 bits per heavy atom. The van der Waals surface area contributed by atoms with Crippen LogP contribution in [0.2, 0.25) is 5.15 Å². The van der Waals surface area contributed by atoms with E-state index in [1.807, 2.05) is 30.3 Å². The van der Waals surface area contributed by atoms with Gasteiger partial charge in [-0.05, 0) is 96.3 Å². The first kappa shape index (κ1) is 27.5. The predicted octanol–water partition coefficient (Wildman–Crippen LogP) is 7.57. The van der Waals surface area contributed by atoms with Crippen molar-refractivity contribution in [1.29, 1.82) is 0 Å². The van der Waals surface area contributed by atoms with Crippen LogP contribution >= 0.6 is 11.6 Å². The van der Waals surface area contributed by atoms with E-state index < -0.39 is 11.9 Å². The van der Waals surface area contributed by atoms with Crippen molar-refractivity contribution < 1.29 is 27.4 Å². The van der Waals surface area contributed by atoms with Gasteiger partial charge in [-0.25, -0.2) is 4.98 Å². The Balaban J connectivity index is 1.51. The molecule has 5 rings (SSSR count). The number of allylic oxidation sites excluding steroid dienone is 1. The van der Waals surface area contributed by atoms with Gasteiger partial charge in [0.05, 0.1) is 6.67 Å². The van der Waals surface area contributed by atoms with Crippen molar-refractivity contribution >= 4 is 22.7 Å². The fraction of sp³-hybridized carbons (Fsp3) is 0.367. The van der Waals surface area contributed by atoms with E-state index in [2.05, 4.69) is 9.88 Å². The van der Waals surface area contributed by atoms with E-state index in [1.165, 1.54) is 6.07 Å². The lowest BCUT2D eigenvalue weighted by atomic mass is 9.88. The lowest BCUT2D eigenvalue weighted by Gasteiger charge is -2.19. The highest BCUT2D eigenvalue weighted by molar-refractivity contribution is 6.31. The van der Waals surface area contributed by atoms with Crippen LogP contribution in [0, 0.1) is 0 Å². The van der Waals surface area contributed by atoms with Gasteiger partial charge in [0.1, 0.15) is 28.5 Å². The summed E-state index contributed by atoms with van der Waals surface area (Å²) in [5.74, 6) is 0.874. The lowest BCUT2D eigenvalue weighted by Crippen LogP contribution is -2.26. The van der Waals surface area contributed by atoms with E-state index in [-0.39, 0.29) is 23.7 Å². The first-order valence-electron chi connectivity index (χ1n) is 13.1. The summed E-state index contributed by atoms with van der Waals surface area (Å²) >= 11 is 6.36. The number of likely N-dealkylation sites (tertiary alicyclic amines) is 1. The molecular weight excluding hydrogens is 532 g/mol. The number of alkyl halides is 4. The molecule has 0 amide bonds. The summed E-state index contributed by atoms with van der Waals surface area (Å²) in [5.41, 5.74) is 3.78. The first-order chi connectivity index (χ1) is 18.7. The highest BCUT2D eigenvalue weighted by Crippen LogP contribution is 2.43. The molecule has 4 nitrogen and oxygen atoms in total. The topological polar surface area (TPSA) is 45.6 Å². The molecule has 1 saturated heterocycles. The van der Waals surface area contributed by atoms with Crippen molar-refractivity contribution in [1.82, 2.24) is 9.88 Å². The number of rotatable bonds is 7. The normalized spacial score (nSPS) is 18.2. The zero-order valence-corrected chi connectivity index (χ0v) is 22.0. The molecule has 2 heterocycles. The lowest BCUT2D eigenvalue weighted by molar-refractivity contribution is -0.141. The van der Waals surface area contributed by atoms with Gasteiger partial charge in [0.15, 0.2) is 0 Å². The highest BCUT2D eigenvalue weighted by atomic mass is 35.5. The van der Waals surface area contributed by atoms with E-state index in [4.69, 9.17) is 16.3 Å². The van der Waals surface area contributed by atoms with Gasteiger partial charge in [0.25, 0.3) is 0 Å². The first-order valence-corrected chi connectivity index (χ1v) is 13.5. The molecule has 206 valence electrons. The summed E-state index contributed by atoms with van der Waals surface area (Å²) in [6, 6.07) is 15.2. The molecule has 3 aromatic rings. The minimum Gasteiger partial charge on any atom is -0.508 e. The molecule has 9 heteroatoms. The molecule has 39 heavy (non-hydrogen) atoms. The number of hydrogen-bond donors (Lipinski definition) is 1. The van der Waals surface area contributed by atoms with E-state index in [9.17, 15) is 22.7 Å². The Morgan fingerprint density at radius 1 is 1.03 bits per heavy atom. The number of nitrogens with zero attached hydrogens (tertiary/aromatic N) is 2. The number of aromatic hydroxyl groups is 1. The fourth-order valence-electron chi connectivity index (χ4n) is 5.46. The number of fused-ring (bicyclic) bond motifs is 1. The van der Waals surface area contributed by atoms with E-state index in [0.717, 1.165) is 66.4 Å². The average molecular weight is 561 g/mol. The van der Waals surface area contributed by atoms with Crippen molar-refractivity contribution in [2.45, 2.75) is 44.4 Å². The molecular formula is C30H29ClF4N2O2. The molecule has 0 spiro atoms. The SMILES string of the molecule is Oc1ccc2c(c1)CCCC(c1ccc(C(F)(F)F)nc1Cl)=C2c1ccc(O[C@H]2CCN(CCCF)C2)cc1. The Labute approximate surface area is 229 Å². The van der Waals surface area contributed by atoms with Crippen molar-refractivity contribution in [2.24, 2.45) is 0 Å². The molecule has 1 aromatic heterocycles. The van der Waals surface area contributed by atoms with E-state index in [1.54, 1.807) is 12.1 Å². The molecule has 0 saturated carbocycles. The molecule has 1 fully saturated rings. The minimum absolute atomic E-state index is 0.0313. The van der Waals surface area contributed by atoms with Gasteiger partial charge in [-0.1, -0.05) is 29.8 Å². The molecule has 0 unspecified atom stereocenters. The largest absolute Gasteiger partial charge is 0.508 e. The van der Waals surface area contributed by atoms with Crippen LogP contribution in [-0.2, 0) is 12.6 Å². The Morgan fingerprint density at radius 3 is 2.51 bits per heavy atom. The van der Waals surface area contributed by atoms with Crippen LogP contribution in [0.3, 0.4) is 0 Å². The van der Waals surface area contributed by atoms with Crippen LogP contribution < -0.4 is 4.74 Å². The summed E-state index contributed by atoms with van der Waals surface area (Å²) < 4.78 is 58.5. The number of benzene rings is 2. The van der Waals surface area contributed by atoms with Gasteiger partial charge in [0.2, 0.25) is 0 Å². The highest BCUT2D eigenvalue weighted by Gasteiger charge is 2.33. The molecule has 0 bridgehead atoms. The maximum atomic E-state index is 13.3. The third kappa shape index (κ3) is 6.23. The second-order valence-electron chi connectivity index (χ2n) is 9.98. The molecule has 2 aliphatic rings. The summed E-state index contributed by atoms with van der Waals surface area (Å²) in [5, 5.41) is 9.92. The summed E-state index contributed by atoms with van der Waals surface area (Å²) in [6.45, 7) is 2.04. The third-order valence-electron chi connectivity index (χ3n) is 7.28. The van der Waals surface area contributed by atoms with Crippen LogP contribution in [0.4, 0.5) is 17.6 Å². The Kier molecular flexibility index (Phi) is 8.14. The van der Waals surface area contributed by atoms with Crippen molar-refractivity contribution in [3.05, 3.63) is 87.7 Å². The van der Waals surface area contributed by atoms with Crippen molar-refractivity contribution in [3.63, 3.8) is 0 Å². The number of halogens is 5. The zero-order valence-electron chi connectivity index (χ0n) is 21.3. The number of pyridine rings is 1. The third-order valence-corrected chi connectivity index (χ3v) is 7.57. The van der Waals surface area contributed by atoms with Crippen LogP contribution in [0.25, 0.3) is 11.1 Å². The van der Waals surface area contributed by atoms with Crippen LogP contribution in [-0.4, -0.2) is 47.4 Å². The number of hydrogen-bond acceptors (Lipinski definition) is 4. The molecule has 0 radical (unpaired) electrons. The van der Waals surface area contributed by atoms with Gasteiger partial charge < -0.3 is 9.84 Å². The summed E-state index contributed by atoms with van der Waals surface area (Å²) in [7, 11) is 0. The zero-order chi connectivity index (χ0) is 27.6. The average Bonchev–Trinajstić information content (AvgIpc) is 3.26. The number of ether oxygens (including phenoxy) is 1. The minimum atomic E-state index is -4.59. The van der Waals surface area contributed by atoms with Crippen LogP contribution in [0.5, 0.6) is 11.5 Å². The smallest absolute Gasteiger partial charge is 0.433 e. The van der Waals surface area contributed by atoms with E-state index >= 15 is 0 Å². The van der Waals surface area contributed by atoms with Gasteiger partial charge >= 0.3 is 6.18 Å². The van der Waals surface area contributed by atoms with Crippen LogP contribution in [0.1, 0.15) is 53.6 Å². The molecule has 1 aliphatic carbocycles. The molecule has 1 N–H and O–H groups in total. The fourth-order valence-corrected chi connectivity index (χ4v) is 5.73. The number of aryl methyl sites for hydroxylation is 1. The maximum Gasteiger partial charge on any atom is 0.433 e. The van der Waals surface area contributed by atoms with Crippen molar-refractivity contribution in [2.75, 3.05) is 26.3 Å². The predicted molar refractivity (Wildman–Crippen MR) is 144 cm³/mol.